The molecule has 0 saturated carbocycles. The van der Waals surface area contributed by atoms with Gasteiger partial charge in [-0.15, -0.1) is 0 Å². The fourth-order valence-electron chi connectivity index (χ4n) is 4.72. The van der Waals surface area contributed by atoms with Crippen LogP contribution in [0.5, 0.6) is 0 Å². The summed E-state index contributed by atoms with van der Waals surface area (Å²) in [5.74, 6) is -0.620. The standard InChI is InChI=1S/C30H25FN4O4S3/c31-24-11-9-21(10-12-24)19-34-29(36)27(41-30(34)40)18-23-20-35(25-6-2-1-3-7-25)32-28(23)22-5-4-8-26(17-22)42(37,38)33-13-15-39-16-14-33/h1-12,17-18,20H,13-16,19H2/b27-18-. The van der Waals surface area contributed by atoms with E-state index in [0.29, 0.717) is 52.3 Å². The predicted octanol–water partition coefficient (Wildman–Crippen LogP) is 5.10. The van der Waals surface area contributed by atoms with Crippen LogP contribution in [0.15, 0.2) is 94.9 Å². The van der Waals surface area contributed by atoms with E-state index < -0.39 is 10.0 Å². The lowest BCUT2D eigenvalue weighted by atomic mass is 10.1. The van der Waals surface area contributed by atoms with Crippen LogP contribution in [0, 0.1) is 5.82 Å². The molecule has 3 aromatic carbocycles. The van der Waals surface area contributed by atoms with Gasteiger partial charge in [0.25, 0.3) is 5.91 Å². The van der Waals surface area contributed by atoms with Gasteiger partial charge in [0.05, 0.1) is 35.2 Å². The molecule has 0 atom stereocenters. The molecule has 2 saturated heterocycles. The third-order valence-corrected chi connectivity index (χ3v) is 10.2. The molecule has 3 heterocycles. The van der Waals surface area contributed by atoms with Crippen LogP contribution in [-0.4, -0.2) is 63.9 Å². The molecule has 42 heavy (non-hydrogen) atoms. The van der Waals surface area contributed by atoms with Crippen LogP contribution in [-0.2, 0) is 26.1 Å². The van der Waals surface area contributed by atoms with E-state index in [4.69, 9.17) is 22.1 Å². The Bertz CT molecular complexity index is 1780. The van der Waals surface area contributed by atoms with E-state index in [9.17, 15) is 17.6 Å². The Labute approximate surface area is 252 Å². The number of amides is 1. The van der Waals surface area contributed by atoms with Gasteiger partial charge in [0.2, 0.25) is 10.0 Å². The van der Waals surface area contributed by atoms with Gasteiger partial charge in [0.15, 0.2) is 0 Å². The fraction of sp³-hybridized carbons (Fsp3) is 0.167. The van der Waals surface area contributed by atoms with Crippen LogP contribution < -0.4 is 0 Å². The lowest BCUT2D eigenvalue weighted by Crippen LogP contribution is -2.40. The number of thiocarbonyl (C=S) groups is 1. The van der Waals surface area contributed by atoms with Crippen molar-refractivity contribution in [2.45, 2.75) is 11.4 Å². The minimum Gasteiger partial charge on any atom is -0.379 e. The lowest BCUT2D eigenvalue weighted by molar-refractivity contribution is -0.122. The van der Waals surface area contributed by atoms with Crippen LogP contribution in [0.1, 0.15) is 11.1 Å². The van der Waals surface area contributed by atoms with Crippen LogP contribution in [0.25, 0.3) is 23.0 Å². The van der Waals surface area contributed by atoms with Crippen LogP contribution >= 0.6 is 24.0 Å². The monoisotopic (exact) mass is 620 g/mol. The second-order valence-corrected chi connectivity index (χ2v) is 13.3. The van der Waals surface area contributed by atoms with Gasteiger partial charge < -0.3 is 4.74 Å². The topological polar surface area (TPSA) is 84.7 Å². The van der Waals surface area contributed by atoms with Crippen LogP contribution in [0.2, 0.25) is 0 Å². The quantitative estimate of drug-likeness (QED) is 0.210. The van der Waals surface area contributed by atoms with Gasteiger partial charge in [0, 0.05) is 30.4 Å². The number of aromatic nitrogens is 2. The molecule has 6 rings (SSSR count). The molecule has 214 valence electrons. The number of para-hydroxylation sites is 1. The Morgan fingerprint density at radius 1 is 1.00 bits per heavy atom. The molecular weight excluding hydrogens is 596 g/mol. The van der Waals surface area contributed by atoms with Crippen molar-refractivity contribution in [2.24, 2.45) is 0 Å². The Morgan fingerprint density at radius 2 is 1.74 bits per heavy atom. The molecule has 0 N–H and O–H groups in total. The Balaban J connectivity index is 1.38. The number of hydrogen-bond donors (Lipinski definition) is 0. The van der Waals surface area contributed by atoms with Gasteiger partial charge in [-0.1, -0.05) is 66.4 Å². The largest absolute Gasteiger partial charge is 0.379 e. The third kappa shape index (κ3) is 5.81. The highest BCUT2D eigenvalue weighted by Crippen LogP contribution is 2.36. The number of sulfonamides is 1. The van der Waals surface area contributed by atoms with E-state index in [1.54, 1.807) is 53.4 Å². The van der Waals surface area contributed by atoms with Crippen molar-refractivity contribution >= 4 is 50.3 Å². The van der Waals surface area contributed by atoms with Crippen molar-refractivity contribution in [3.8, 4) is 16.9 Å². The molecule has 12 heteroatoms. The molecule has 8 nitrogen and oxygen atoms in total. The summed E-state index contributed by atoms with van der Waals surface area (Å²) in [4.78, 5) is 15.5. The summed E-state index contributed by atoms with van der Waals surface area (Å²) in [6.07, 6.45) is 3.54. The van der Waals surface area contributed by atoms with Gasteiger partial charge in [-0.2, -0.15) is 9.40 Å². The molecule has 1 aromatic heterocycles. The molecule has 2 aliphatic rings. The number of rotatable bonds is 7. The number of carbonyl (C=O) groups excluding carboxylic acids is 1. The molecule has 0 spiro atoms. The minimum absolute atomic E-state index is 0.160. The second kappa shape index (κ2) is 11.9. The van der Waals surface area contributed by atoms with E-state index in [1.807, 2.05) is 30.3 Å². The zero-order valence-electron chi connectivity index (χ0n) is 22.2. The summed E-state index contributed by atoms with van der Waals surface area (Å²) in [6, 6.07) is 22.1. The number of nitrogens with zero attached hydrogens (tertiary/aromatic N) is 4. The predicted molar refractivity (Wildman–Crippen MR) is 164 cm³/mol. The Morgan fingerprint density at radius 3 is 2.48 bits per heavy atom. The van der Waals surface area contributed by atoms with Gasteiger partial charge in [-0.3, -0.25) is 9.69 Å². The summed E-state index contributed by atoms with van der Waals surface area (Å²) in [5, 5.41) is 4.81. The highest BCUT2D eigenvalue weighted by atomic mass is 32.2. The summed E-state index contributed by atoms with van der Waals surface area (Å²) in [6.45, 7) is 1.51. The Hall–Kier alpha value is -3.68. The SMILES string of the molecule is O=C1/C(=C/c2cn(-c3ccccc3)nc2-c2cccc(S(=O)(=O)N3CCOCC3)c2)SC(=S)N1Cc1ccc(F)cc1. The number of benzene rings is 3. The van der Waals surface area contributed by atoms with Crippen LogP contribution in [0.3, 0.4) is 0 Å². The number of ether oxygens (including phenoxy) is 1. The molecule has 0 radical (unpaired) electrons. The van der Waals surface area contributed by atoms with E-state index in [0.717, 1.165) is 11.3 Å². The first-order chi connectivity index (χ1) is 20.3. The van der Waals surface area contributed by atoms with Gasteiger partial charge in [-0.05, 0) is 48.0 Å². The summed E-state index contributed by atoms with van der Waals surface area (Å²) < 4.78 is 49.0. The highest BCUT2D eigenvalue weighted by molar-refractivity contribution is 8.26. The number of thioether (sulfide) groups is 1. The van der Waals surface area contributed by atoms with Crippen molar-refractivity contribution in [3.05, 3.63) is 107 Å². The maximum absolute atomic E-state index is 13.4. The lowest BCUT2D eigenvalue weighted by Gasteiger charge is -2.26. The first-order valence-electron chi connectivity index (χ1n) is 13.1. The first-order valence-corrected chi connectivity index (χ1v) is 15.8. The maximum Gasteiger partial charge on any atom is 0.266 e. The molecule has 0 bridgehead atoms. The smallest absolute Gasteiger partial charge is 0.266 e. The zero-order chi connectivity index (χ0) is 29.3. The maximum atomic E-state index is 13.4. The number of carbonyl (C=O) groups is 1. The normalized spacial score (nSPS) is 17.4. The number of halogens is 1. The second-order valence-electron chi connectivity index (χ2n) is 9.65. The van der Waals surface area contributed by atoms with Crippen molar-refractivity contribution in [1.82, 2.24) is 19.0 Å². The molecule has 0 unspecified atom stereocenters. The van der Waals surface area contributed by atoms with Crippen molar-refractivity contribution in [2.75, 3.05) is 26.3 Å². The average molecular weight is 621 g/mol. The average Bonchev–Trinajstić information content (AvgIpc) is 3.55. The fourth-order valence-corrected chi connectivity index (χ4v) is 7.42. The van der Waals surface area contributed by atoms with Gasteiger partial charge >= 0.3 is 0 Å². The molecule has 4 aromatic rings. The van der Waals surface area contributed by atoms with Crippen molar-refractivity contribution < 1.29 is 22.3 Å². The van der Waals surface area contributed by atoms with Gasteiger partial charge in [-0.25, -0.2) is 17.5 Å². The minimum atomic E-state index is -3.73. The van der Waals surface area contributed by atoms with Crippen molar-refractivity contribution in [1.29, 1.82) is 0 Å². The molecule has 2 fully saturated rings. The van der Waals surface area contributed by atoms with E-state index in [1.165, 1.54) is 33.1 Å². The van der Waals surface area contributed by atoms with E-state index in [2.05, 4.69) is 0 Å². The molecule has 2 aliphatic heterocycles. The third-order valence-electron chi connectivity index (χ3n) is 6.89. The highest BCUT2D eigenvalue weighted by Gasteiger charge is 2.33. The number of hydrogen-bond acceptors (Lipinski definition) is 7. The molecule has 0 aliphatic carbocycles. The summed E-state index contributed by atoms with van der Waals surface area (Å²) >= 11 is 6.69. The Kier molecular flexibility index (Phi) is 8.06. The van der Waals surface area contributed by atoms with E-state index >= 15 is 0 Å². The molecule has 1 amide bonds. The zero-order valence-corrected chi connectivity index (χ0v) is 24.7. The number of morpholine rings is 1. The van der Waals surface area contributed by atoms with E-state index in [-0.39, 0.29) is 23.2 Å². The first kappa shape index (κ1) is 28.4. The summed E-state index contributed by atoms with van der Waals surface area (Å²) in [7, 11) is -3.73. The van der Waals surface area contributed by atoms with Gasteiger partial charge in [0.1, 0.15) is 15.8 Å². The van der Waals surface area contributed by atoms with Crippen molar-refractivity contribution in [3.63, 3.8) is 0 Å². The summed E-state index contributed by atoms with van der Waals surface area (Å²) in [5.41, 5.74) is 3.29. The molecular formula is C30H25FN4O4S3. The van der Waals surface area contributed by atoms with Crippen LogP contribution in [0.4, 0.5) is 4.39 Å².